The molecule has 114 heavy (non-hydrogen) atoms. The summed E-state index contributed by atoms with van der Waals surface area (Å²) in [6.45, 7) is 55.7. The lowest BCUT2D eigenvalue weighted by Gasteiger charge is -2.62. The number of hydrogen-bond acceptors (Lipinski definition) is 22. The molecule has 14 fully saturated rings. The maximum absolute atomic E-state index is 12.0. The third kappa shape index (κ3) is 31.3. The van der Waals surface area contributed by atoms with Gasteiger partial charge in [0.05, 0.1) is 47.6 Å². The molecule has 8 atom stereocenters. The Kier molecular flexibility index (Phi) is 39.3. The number of carboxylic acids is 2. The molecule has 626 valence electrons. The number of aliphatic hydroxyl groups is 5. The van der Waals surface area contributed by atoms with E-state index in [2.05, 4.69) is 83.1 Å². The lowest BCUT2D eigenvalue weighted by molar-refractivity contribution is -0.260. The molecule has 15 rings (SSSR count). The van der Waals surface area contributed by atoms with Crippen molar-refractivity contribution in [2.24, 2.45) is 53.3 Å². The van der Waals surface area contributed by atoms with E-state index < -0.39 is 75.5 Å². The first-order chi connectivity index (χ1) is 53.3. The molecule has 14 aliphatic rings. The van der Waals surface area contributed by atoms with Crippen LogP contribution < -0.4 is 0 Å². The summed E-state index contributed by atoms with van der Waals surface area (Å²) < 4.78 is 35.9. The number of carbonyl (C=O) groups excluding carboxylic acids is 7. The van der Waals surface area contributed by atoms with E-state index in [-0.39, 0.29) is 68.4 Å². The second kappa shape index (κ2) is 45.5. The number of nitrogens with zero attached hydrogens (tertiary/aromatic N) is 3. The third-order valence-electron chi connectivity index (χ3n) is 21.7. The van der Waals surface area contributed by atoms with Crippen LogP contribution in [0.3, 0.4) is 0 Å². The van der Waals surface area contributed by atoms with Gasteiger partial charge in [-0.1, -0.05) is 77.4 Å². The minimum Gasteiger partial charge on any atom is -0.478 e. The Labute approximate surface area is 672 Å². The van der Waals surface area contributed by atoms with Gasteiger partial charge in [0.2, 0.25) is 7.05 Å². The van der Waals surface area contributed by atoms with Crippen LogP contribution >= 0.6 is 0 Å². The van der Waals surface area contributed by atoms with Crippen molar-refractivity contribution in [3.8, 4) is 6.07 Å². The number of carboxylic acid groups (broad SMARTS) is 2. The fourth-order valence-electron chi connectivity index (χ4n) is 18.1. The normalized spacial score (nSPS) is 29.6. The van der Waals surface area contributed by atoms with Crippen LogP contribution in [0.4, 0.5) is 0 Å². The van der Waals surface area contributed by atoms with E-state index in [4.69, 9.17) is 57.8 Å². The summed E-state index contributed by atoms with van der Waals surface area (Å²) in [7, 11) is 1.42. The Balaban J connectivity index is 0.000000337. The second-order valence-electron chi connectivity index (χ2n) is 32.5. The molecule has 14 saturated carbocycles. The van der Waals surface area contributed by atoms with Gasteiger partial charge in [0.15, 0.2) is 5.60 Å². The van der Waals surface area contributed by atoms with E-state index in [1.54, 1.807) is 65.0 Å². The molecule has 0 aromatic heterocycles. The van der Waals surface area contributed by atoms with E-state index in [1.165, 1.54) is 53.0 Å². The number of aromatic carboxylic acids is 1. The van der Waals surface area contributed by atoms with Crippen LogP contribution in [0, 0.1) is 77.7 Å². The van der Waals surface area contributed by atoms with Crippen LogP contribution in [-0.2, 0) is 71.5 Å². The molecule has 7 N–H and O–H groups in total. The van der Waals surface area contributed by atoms with E-state index in [0.29, 0.717) is 95.2 Å². The number of fused-ring (bicyclic) bond motifs is 2. The van der Waals surface area contributed by atoms with E-state index >= 15 is 0 Å². The van der Waals surface area contributed by atoms with Gasteiger partial charge in [0.1, 0.15) is 37.1 Å². The Morgan fingerprint density at radius 2 is 0.991 bits per heavy atom. The molecule has 0 heterocycles. The maximum Gasteiger partial charge on any atom is 0.335 e. The number of aliphatic carboxylic acids is 1. The molecule has 0 amide bonds. The topological polar surface area (TPSA) is 392 Å². The summed E-state index contributed by atoms with van der Waals surface area (Å²) in [5, 5.41) is 72.7. The first-order valence-electron chi connectivity index (χ1n) is 38.5. The summed E-state index contributed by atoms with van der Waals surface area (Å²) in [5.74, 6) is 0.736. The molecule has 0 aliphatic heterocycles. The molecular formula is C88H121N3O23. The standard InChI is InChI=1S/C16H21NO2.C14H20O4.C14H20O3.C11H16O2.C9H8O2.C6H7NO2.2C6H10O3.C4H6O2.C2H3N/c1-10(2)15(18)19-16(9-17-3)13-5-11-4-12(7-13)8-14(16)6-11;1-9(2)11(15)18-14-5-10-3-12(16,7-14)6-13(17,4-10)8-14;1-9(2)12(15)17-14-6-10-3-11(7-14)5-13(16,4-10)8-14;1-7(2)11(12)13-10-6-8-3-4-9(10)5-8;1-2-7-3-5-8(6-4-7)9(10)11;1-2-6(8)9-5-3-4-7;1-5(2)6(8)9-4-3-7;1-3-6(8)9-4-5(2)7;1-3(2)4(5)6;1-3-2/h11-14H,1,4-9H2,2H3;10,16-17H,1,3-8H2,2H3;10-11,16H,1,3-8H2,2H3;8-10H,1,3-6H2,2H3;2-6H,1H2,(H,10,11);2H,1,3,5H2;7H,1,3-4H2,2H3;3,5,7H,1,4H2,2H3;1H2,2H3,(H,5,6);1H3. The third-order valence-corrected chi connectivity index (χ3v) is 21.7. The molecule has 0 saturated heterocycles. The Morgan fingerprint density at radius 3 is 1.37 bits per heavy atom. The molecule has 0 spiro atoms. The van der Waals surface area contributed by atoms with Crippen molar-refractivity contribution in [2.45, 2.75) is 236 Å². The van der Waals surface area contributed by atoms with Crippen molar-refractivity contribution in [3.05, 3.63) is 163 Å². The highest BCUT2D eigenvalue weighted by molar-refractivity contribution is 5.90. The monoisotopic (exact) mass is 1590 g/mol. The van der Waals surface area contributed by atoms with Gasteiger partial charge in [-0.25, -0.2) is 56.3 Å². The number of aliphatic hydroxyl groups excluding tert-OH is 2. The minimum absolute atomic E-state index is 0.0326. The largest absolute Gasteiger partial charge is 0.478 e. The molecule has 1 aromatic carbocycles. The number of esters is 7. The highest BCUT2D eigenvalue weighted by Gasteiger charge is 2.65. The number of benzene rings is 1. The van der Waals surface area contributed by atoms with Crippen LogP contribution in [0.1, 0.15) is 206 Å². The maximum atomic E-state index is 12.0. The quantitative estimate of drug-likeness (QED) is 0.0198. The lowest BCUT2D eigenvalue weighted by Crippen LogP contribution is -2.66. The molecule has 8 unspecified atom stereocenters. The Hall–Kier alpha value is -9.62. The predicted molar refractivity (Wildman–Crippen MR) is 426 cm³/mol. The number of carbonyl (C=O) groups is 9. The minimum atomic E-state index is -0.935. The van der Waals surface area contributed by atoms with Gasteiger partial charge < -0.3 is 78.6 Å². The fourth-order valence-corrected chi connectivity index (χ4v) is 18.1. The Morgan fingerprint density at radius 1 is 0.553 bits per heavy atom. The van der Waals surface area contributed by atoms with Gasteiger partial charge >= 0.3 is 53.7 Å². The number of hydrogen-bond donors (Lipinski definition) is 7. The fraction of sp³-hybridized carbons (Fsp3) is 0.591. The smallest absolute Gasteiger partial charge is 0.335 e. The van der Waals surface area contributed by atoms with Crippen LogP contribution in [0.25, 0.3) is 15.8 Å². The van der Waals surface area contributed by atoms with Crippen molar-refractivity contribution in [1.29, 1.82) is 5.26 Å². The molecule has 14 aliphatic carbocycles. The highest BCUT2D eigenvalue weighted by atomic mass is 16.6. The van der Waals surface area contributed by atoms with Crippen molar-refractivity contribution < 1.29 is 112 Å². The van der Waals surface area contributed by atoms with Crippen LogP contribution in [-0.4, -0.2) is 175 Å². The second-order valence-corrected chi connectivity index (χ2v) is 32.5. The zero-order valence-electron chi connectivity index (χ0n) is 67.9. The van der Waals surface area contributed by atoms with Crippen molar-refractivity contribution in [3.63, 3.8) is 0 Å². The number of ether oxygens (including phenoxy) is 7. The summed E-state index contributed by atoms with van der Waals surface area (Å²) in [5.41, 5.74) is -0.340. The van der Waals surface area contributed by atoms with Gasteiger partial charge in [-0.3, -0.25) is 0 Å². The summed E-state index contributed by atoms with van der Waals surface area (Å²) >= 11 is 0. The van der Waals surface area contributed by atoms with Crippen LogP contribution in [0.5, 0.6) is 0 Å². The zero-order chi connectivity index (χ0) is 86.3. The van der Waals surface area contributed by atoms with E-state index in [1.807, 2.05) is 6.07 Å². The summed E-state index contributed by atoms with van der Waals surface area (Å²) in [4.78, 5) is 104. The summed E-state index contributed by atoms with van der Waals surface area (Å²) in [6.07, 6.45) is 23.6. The zero-order valence-corrected chi connectivity index (χ0v) is 67.9. The molecule has 14 bridgehead atoms. The molecular weight excluding hydrogens is 1470 g/mol. The van der Waals surface area contributed by atoms with Crippen molar-refractivity contribution >= 4 is 59.8 Å². The average molecular weight is 1590 g/mol. The van der Waals surface area contributed by atoms with Gasteiger partial charge in [-0.05, 0) is 217 Å². The lowest BCUT2D eigenvalue weighted by atomic mass is 9.49. The van der Waals surface area contributed by atoms with E-state index in [9.17, 15) is 58.5 Å². The first-order valence-corrected chi connectivity index (χ1v) is 38.5. The van der Waals surface area contributed by atoms with Crippen LogP contribution in [0.2, 0.25) is 0 Å². The number of nitriles is 1. The van der Waals surface area contributed by atoms with Gasteiger partial charge in [-0.15, -0.1) is 0 Å². The van der Waals surface area contributed by atoms with Crippen LogP contribution in [0.15, 0.2) is 129 Å². The molecule has 0 radical (unpaired) electrons. The SMILES string of the molecule is C=C(C)C(=O)O.C=C(C)C(=O)OC12CC3CC(CC(O)(C3)C1)C2.C=C(C)C(=O)OC12CC3CC(O)(CC(O)(C3)C1)C2.C=C(C)C(=O)OC1CC2CCC1C2.C=C(C)C(=O)OCCO.C=CC(=O)OCC(C)O.C=CC(=O)OCCC#N.C=Cc1ccc(C(=O)O)cc1.[C-]#[N+]C.[C-]#[N+]CC1(OC(=O)C(=C)C)C2CC3CC(C2)CC1C3. The van der Waals surface area contributed by atoms with Crippen molar-refractivity contribution in [1.82, 2.24) is 0 Å². The van der Waals surface area contributed by atoms with Gasteiger partial charge in [-0.2, -0.15) is 5.26 Å². The van der Waals surface area contributed by atoms with E-state index in [0.717, 1.165) is 113 Å². The van der Waals surface area contributed by atoms with Crippen molar-refractivity contribution in [2.75, 3.05) is 40.0 Å². The van der Waals surface area contributed by atoms with Gasteiger partial charge in [0.25, 0.3) is 6.54 Å². The summed E-state index contributed by atoms with van der Waals surface area (Å²) in [6, 6.07) is 8.38. The first kappa shape index (κ1) is 98.6. The van der Waals surface area contributed by atoms with Gasteiger partial charge in [0, 0.05) is 83.1 Å². The molecule has 1 aromatic rings. The average Bonchev–Trinajstić information content (AvgIpc) is 0.842. The predicted octanol–water partition coefficient (Wildman–Crippen LogP) is 13.0. The highest BCUT2D eigenvalue weighted by Crippen LogP contribution is 2.62. The number of rotatable bonds is 21. The molecule has 26 heteroatoms. The Bertz CT molecular complexity index is 3720. The molecule has 26 nitrogen and oxygen atoms in total.